The van der Waals surface area contributed by atoms with E-state index >= 15 is 0 Å². The van der Waals surface area contributed by atoms with Gasteiger partial charge in [0, 0.05) is 4.83 Å². The van der Waals surface area contributed by atoms with E-state index in [0.29, 0.717) is 0 Å². The van der Waals surface area contributed by atoms with Gasteiger partial charge in [-0.15, -0.1) is 0 Å². The molecule has 0 aromatic heterocycles. The van der Waals surface area contributed by atoms with Crippen LogP contribution in [0.15, 0.2) is 54.6 Å². The third-order valence-corrected chi connectivity index (χ3v) is 5.85. The summed E-state index contributed by atoms with van der Waals surface area (Å²) in [5.41, 5.74) is 3.06. The van der Waals surface area contributed by atoms with Crippen LogP contribution in [0, 0.1) is 0 Å². The molecule has 0 bridgehead atoms. The van der Waals surface area contributed by atoms with Crippen molar-refractivity contribution < 1.29 is 8.42 Å². The molecule has 2 aromatic rings. The van der Waals surface area contributed by atoms with Gasteiger partial charge in [-0.1, -0.05) is 70.5 Å². The minimum Gasteiger partial charge on any atom is -0.212 e. The Balaban J connectivity index is 1.80. The van der Waals surface area contributed by atoms with E-state index in [2.05, 4.69) is 26.7 Å². The lowest BCUT2D eigenvalue weighted by atomic mass is 10.1. The van der Waals surface area contributed by atoms with E-state index in [9.17, 15) is 8.42 Å². The van der Waals surface area contributed by atoms with Gasteiger partial charge in [0.15, 0.2) is 0 Å². The lowest BCUT2D eigenvalue weighted by Crippen LogP contribution is -2.32. The highest BCUT2D eigenvalue weighted by molar-refractivity contribution is 9.09. The van der Waals surface area contributed by atoms with Gasteiger partial charge in [-0.05, 0) is 23.1 Å². The van der Waals surface area contributed by atoms with Gasteiger partial charge in [0.25, 0.3) is 0 Å². The molecule has 2 unspecified atom stereocenters. The number of benzene rings is 2. The molecular weight excluding hydrogens is 350 g/mol. The minimum absolute atomic E-state index is 0.00618. The lowest BCUT2D eigenvalue weighted by molar-refractivity contribution is 0.558. The van der Waals surface area contributed by atoms with E-state index in [1.165, 1.54) is 5.56 Å². The van der Waals surface area contributed by atoms with E-state index in [0.717, 1.165) is 17.5 Å². The molecule has 0 saturated carbocycles. The summed E-state index contributed by atoms with van der Waals surface area (Å²) in [4.78, 5) is 0.0976. The molecule has 0 heterocycles. The van der Waals surface area contributed by atoms with Gasteiger partial charge in [0.05, 0.1) is 11.8 Å². The Hall–Kier alpha value is -1.17. The first-order chi connectivity index (χ1) is 10.1. The number of hydrogen-bond donors (Lipinski definition) is 1. The molecule has 3 nitrogen and oxygen atoms in total. The highest BCUT2D eigenvalue weighted by atomic mass is 79.9. The average molecular weight is 366 g/mol. The molecule has 1 aliphatic rings. The average Bonchev–Trinajstić information content (AvgIpc) is 2.75. The molecule has 0 spiro atoms. The molecule has 1 N–H and O–H groups in total. The third kappa shape index (κ3) is 3.36. The van der Waals surface area contributed by atoms with Gasteiger partial charge in [0.1, 0.15) is 0 Å². The lowest BCUT2D eigenvalue weighted by Gasteiger charge is -2.17. The Kier molecular flexibility index (Phi) is 4.15. The highest BCUT2D eigenvalue weighted by Crippen LogP contribution is 2.36. The van der Waals surface area contributed by atoms with Gasteiger partial charge in [0.2, 0.25) is 10.0 Å². The topological polar surface area (TPSA) is 46.2 Å². The fourth-order valence-corrected chi connectivity index (χ4v) is 5.05. The maximum Gasteiger partial charge on any atom is 0.216 e. The summed E-state index contributed by atoms with van der Waals surface area (Å²) in [6, 6.07) is 17.0. The first-order valence-corrected chi connectivity index (χ1v) is 9.38. The second-order valence-corrected chi connectivity index (χ2v) is 8.19. The Morgan fingerprint density at radius 2 is 1.71 bits per heavy atom. The van der Waals surface area contributed by atoms with Crippen molar-refractivity contribution >= 4 is 26.0 Å². The fraction of sp³-hybridized carbons (Fsp3) is 0.250. The van der Waals surface area contributed by atoms with Crippen molar-refractivity contribution in [2.45, 2.75) is 23.0 Å². The summed E-state index contributed by atoms with van der Waals surface area (Å²) in [5, 5.41) is 0. The van der Waals surface area contributed by atoms with Crippen LogP contribution >= 0.6 is 15.9 Å². The van der Waals surface area contributed by atoms with Crippen LogP contribution in [0.1, 0.15) is 22.7 Å². The molecule has 0 saturated heterocycles. The predicted octanol–water partition coefficient (Wildman–Crippen LogP) is 3.17. The number of sulfonamides is 1. The fourth-order valence-electron chi connectivity index (χ4n) is 2.71. The van der Waals surface area contributed by atoms with E-state index in [1.54, 1.807) is 0 Å². The van der Waals surface area contributed by atoms with Crippen LogP contribution < -0.4 is 4.72 Å². The zero-order valence-corrected chi connectivity index (χ0v) is 13.8. The molecule has 21 heavy (non-hydrogen) atoms. The summed E-state index contributed by atoms with van der Waals surface area (Å²) in [6.45, 7) is 0. The van der Waals surface area contributed by atoms with Crippen LogP contribution in [0.4, 0.5) is 0 Å². The molecule has 0 aliphatic heterocycles. The second-order valence-electron chi connectivity index (χ2n) is 5.26. The van der Waals surface area contributed by atoms with Gasteiger partial charge >= 0.3 is 0 Å². The van der Waals surface area contributed by atoms with Crippen molar-refractivity contribution in [2.24, 2.45) is 0 Å². The number of alkyl halides is 1. The van der Waals surface area contributed by atoms with E-state index < -0.39 is 10.0 Å². The summed E-state index contributed by atoms with van der Waals surface area (Å²) in [6.07, 6.45) is 0.842. The first kappa shape index (κ1) is 14.8. The predicted molar refractivity (Wildman–Crippen MR) is 87.8 cm³/mol. The normalized spacial score (nSPS) is 21.2. The maximum absolute atomic E-state index is 12.4. The summed E-state index contributed by atoms with van der Waals surface area (Å²) in [7, 11) is -3.37. The van der Waals surface area contributed by atoms with Crippen LogP contribution in [0.5, 0.6) is 0 Å². The van der Waals surface area contributed by atoms with Crippen molar-refractivity contribution in [1.29, 1.82) is 0 Å². The van der Waals surface area contributed by atoms with Gasteiger partial charge in [-0.3, -0.25) is 0 Å². The van der Waals surface area contributed by atoms with Gasteiger partial charge in [-0.25, -0.2) is 13.1 Å². The molecule has 3 rings (SSSR count). The quantitative estimate of drug-likeness (QED) is 0.845. The van der Waals surface area contributed by atoms with Gasteiger partial charge < -0.3 is 0 Å². The number of fused-ring (bicyclic) bond motifs is 1. The molecule has 110 valence electrons. The van der Waals surface area contributed by atoms with E-state index in [-0.39, 0.29) is 16.6 Å². The van der Waals surface area contributed by atoms with Crippen LogP contribution in [0.2, 0.25) is 0 Å². The summed E-state index contributed by atoms with van der Waals surface area (Å²) in [5.74, 6) is 0.00618. The molecule has 0 radical (unpaired) electrons. The van der Waals surface area contributed by atoms with E-state index in [1.807, 2.05) is 48.5 Å². The second kappa shape index (κ2) is 5.91. The zero-order valence-electron chi connectivity index (χ0n) is 11.4. The highest BCUT2D eigenvalue weighted by Gasteiger charge is 2.33. The van der Waals surface area contributed by atoms with Crippen molar-refractivity contribution in [3.63, 3.8) is 0 Å². The van der Waals surface area contributed by atoms with Crippen LogP contribution in [-0.4, -0.2) is 13.2 Å². The first-order valence-electron chi connectivity index (χ1n) is 6.81. The Morgan fingerprint density at radius 1 is 1.05 bits per heavy atom. The van der Waals surface area contributed by atoms with Crippen LogP contribution in [0.25, 0.3) is 0 Å². The van der Waals surface area contributed by atoms with Crippen LogP contribution in [0.3, 0.4) is 0 Å². The Labute approximate surface area is 133 Å². The Bertz CT molecular complexity index is 731. The SMILES string of the molecule is O=S(=O)(Cc1ccccc1)NC1c2ccccc2CC1Br. The molecule has 0 fully saturated rings. The molecule has 0 amide bonds. The van der Waals surface area contributed by atoms with E-state index in [4.69, 9.17) is 0 Å². The minimum atomic E-state index is -3.37. The van der Waals surface area contributed by atoms with Crippen molar-refractivity contribution in [3.05, 3.63) is 71.3 Å². The molecule has 2 aromatic carbocycles. The number of hydrogen-bond acceptors (Lipinski definition) is 2. The van der Waals surface area contributed by atoms with Crippen molar-refractivity contribution in [2.75, 3.05) is 0 Å². The van der Waals surface area contributed by atoms with Crippen LogP contribution in [-0.2, 0) is 22.2 Å². The molecule has 2 atom stereocenters. The number of rotatable bonds is 4. The summed E-state index contributed by atoms with van der Waals surface area (Å²) < 4.78 is 27.6. The largest absolute Gasteiger partial charge is 0.216 e. The third-order valence-electron chi connectivity index (χ3n) is 3.67. The maximum atomic E-state index is 12.4. The standard InChI is InChI=1S/C16H16BrNO2S/c17-15-10-13-8-4-5-9-14(13)16(15)18-21(19,20)11-12-6-2-1-3-7-12/h1-9,15-16,18H,10-11H2. The monoisotopic (exact) mass is 365 g/mol. The smallest absolute Gasteiger partial charge is 0.212 e. The van der Waals surface area contributed by atoms with Crippen molar-refractivity contribution in [3.8, 4) is 0 Å². The Morgan fingerprint density at radius 3 is 2.48 bits per heavy atom. The zero-order chi connectivity index (χ0) is 14.9. The number of halogens is 1. The molecular formula is C16H16BrNO2S. The van der Waals surface area contributed by atoms with Gasteiger partial charge in [-0.2, -0.15) is 0 Å². The molecule has 1 aliphatic carbocycles. The number of nitrogens with one attached hydrogen (secondary N) is 1. The molecule has 5 heteroatoms. The van der Waals surface area contributed by atoms with Crippen molar-refractivity contribution in [1.82, 2.24) is 4.72 Å². The summed E-state index contributed by atoms with van der Waals surface area (Å²) >= 11 is 3.60.